The number of phenols is 1. The summed E-state index contributed by atoms with van der Waals surface area (Å²) < 4.78 is 0. The smallest absolute Gasteiger partial charge is 0.115 e. The third kappa shape index (κ3) is 2.50. The number of aliphatic hydroxyl groups is 1. The molecule has 0 aromatic heterocycles. The van der Waals surface area contributed by atoms with Gasteiger partial charge in [0.05, 0.1) is 6.10 Å². The highest BCUT2D eigenvalue weighted by Gasteiger charge is 2.56. The summed E-state index contributed by atoms with van der Waals surface area (Å²) in [5.41, 5.74) is 2.96. The first-order valence-electron chi connectivity index (χ1n) is 9.50. The Hall–Kier alpha value is -1.02. The van der Waals surface area contributed by atoms with Gasteiger partial charge in [-0.25, -0.2) is 0 Å². The van der Waals surface area contributed by atoms with E-state index in [2.05, 4.69) is 19.9 Å². The highest BCUT2D eigenvalue weighted by Crippen LogP contribution is 2.62. The number of hydrogen-bond acceptors (Lipinski definition) is 2. The molecule has 0 heterocycles. The standard InChI is InChI=1S/C19H26O2.C2H6/c1-11-10-19(2)16(7-8-17(19)21)15-5-3-12-9-13(20)4-6-14(12)18(11)15;1-2/h4,6,9,11,15-18,20-21H,3,5,7-8,10H2,1-2H3;1-2H3/t11-,15?,16?,17?,18?,19-;/m0./s1. The van der Waals surface area contributed by atoms with Crippen LogP contribution in [0.5, 0.6) is 5.75 Å². The molecule has 6 atom stereocenters. The zero-order chi connectivity index (χ0) is 16.8. The Bertz CT molecular complexity index is 567. The predicted octanol–water partition coefficient (Wildman–Crippen LogP) is 4.88. The van der Waals surface area contributed by atoms with Crippen molar-refractivity contribution in [2.45, 2.75) is 71.8 Å². The molecule has 2 heteroatoms. The maximum Gasteiger partial charge on any atom is 0.115 e. The van der Waals surface area contributed by atoms with Crippen LogP contribution in [0.1, 0.15) is 70.4 Å². The van der Waals surface area contributed by atoms with Crippen LogP contribution in [0.25, 0.3) is 0 Å². The topological polar surface area (TPSA) is 40.5 Å². The first-order chi connectivity index (χ1) is 11.0. The molecule has 0 aliphatic heterocycles. The third-order valence-corrected chi connectivity index (χ3v) is 6.95. The Labute approximate surface area is 140 Å². The normalized spacial score (nSPS) is 41.2. The molecule has 4 rings (SSSR count). The summed E-state index contributed by atoms with van der Waals surface area (Å²) >= 11 is 0. The van der Waals surface area contributed by atoms with E-state index >= 15 is 0 Å². The lowest BCUT2D eigenvalue weighted by molar-refractivity contribution is -0.0441. The van der Waals surface area contributed by atoms with Crippen LogP contribution in [-0.2, 0) is 6.42 Å². The van der Waals surface area contributed by atoms with Gasteiger partial charge in [0.2, 0.25) is 0 Å². The van der Waals surface area contributed by atoms with Crippen molar-refractivity contribution in [3.05, 3.63) is 29.3 Å². The van der Waals surface area contributed by atoms with Crippen molar-refractivity contribution >= 4 is 0 Å². The maximum absolute atomic E-state index is 10.5. The van der Waals surface area contributed by atoms with Crippen LogP contribution in [0.15, 0.2) is 18.2 Å². The van der Waals surface area contributed by atoms with Gasteiger partial charge in [-0.05, 0) is 84.5 Å². The zero-order valence-electron chi connectivity index (χ0n) is 15.0. The van der Waals surface area contributed by atoms with E-state index in [9.17, 15) is 10.2 Å². The third-order valence-electron chi connectivity index (χ3n) is 6.95. The van der Waals surface area contributed by atoms with Gasteiger partial charge < -0.3 is 10.2 Å². The Morgan fingerprint density at radius 2 is 1.87 bits per heavy atom. The first-order valence-corrected chi connectivity index (χ1v) is 9.50. The van der Waals surface area contributed by atoms with Crippen molar-refractivity contribution < 1.29 is 10.2 Å². The molecular weight excluding hydrogens is 284 g/mol. The van der Waals surface area contributed by atoms with Crippen molar-refractivity contribution in [1.29, 1.82) is 0 Å². The van der Waals surface area contributed by atoms with Crippen molar-refractivity contribution in [2.75, 3.05) is 0 Å². The van der Waals surface area contributed by atoms with Crippen LogP contribution < -0.4 is 0 Å². The zero-order valence-corrected chi connectivity index (χ0v) is 15.0. The van der Waals surface area contributed by atoms with Crippen molar-refractivity contribution in [3.8, 4) is 5.75 Å². The summed E-state index contributed by atoms with van der Waals surface area (Å²) in [6, 6.07) is 5.98. The van der Waals surface area contributed by atoms with E-state index < -0.39 is 0 Å². The molecule has 2 N–H and O–H groups in total. The Balaban J connectivity index is 0.000000753. The second-order valence-corrected chi connectivity index (χ2v) is 8.00. The number of phenolic OH excluding ortho intramolecular Hbond substituents is 1. The summed E-state index contributed by atoms with van der Waals surface area (Å²) in [6.07, 6.45) is 5.52. The van der Waals surface area contributed by atoms with Gasteiger partial charge in [-0.15, -0.1) is 0 Å². The molecule has 2 nitrogen and oxygen atoms in total. The minimum absolute atomic E-state index is 0.105. The van der Waals surface area contributed by atoms with Crippen molar-refractivity contribution in [2.24, 2.45) is 23.2 Å². The molecule has 3 aliphatic rings. The summed E-state index contributed by atoms with van der Waals surface area (Å²) in [5.74, 6) is 3.03. The van der Waals surface area contributed by atoms with Crippen LogP contribution in [-0.4, -0.2) is 16.3 Å². The van der Waals surface area contributed by atoms with Gasteiger partial charge in [-0.3, -0.25) is 0 Å². The summed E-state index contributed by atoms with van der Waals surface area (Å²) in [5, 5.41) is 20.2. The monoisotopic (exact) mass is 316 g/mol. The second-order valence-electron chi connectivity index (χ2n) is 8.00. The molecule has 3 aliphatic carbocycles. The van der Waals surface area contributed by atoms with Crippen LogP contribution in [0.2, 0.25) is 0 Å². The average molecular weight is 316 g/mol. The lowest BCUT2D eigenvalue weighted by Crippen LogP contribution is -2.47. The molecule has 0 amide bonds. The Morgan fingerprint density at radius 1 is 1.13 bits per heavy atom. The fourth-order valence-corrected chi connectivity index (χ4v) is 6.10. The van der Waals surface area contributed by atoms with E-state index in [4.69, 9.17) is 0 Å². The summed E-state index contributed by atoms with van der Waals surface area (Å²) in [7, 11) is 0. The van der Waals surface area contributed by atoms with Crippen LogP contribution in [0, 0.1) is 23.2 Å². The Morgan fingerprint density at radius 3 is 2.61 bits per heavy atom. The van der Waals surface area contributed by atoms with Gasteiger partial charge in [0.15, 0.2) is 0 Å². The molecule has 128 valence electrons. The van der Waals surface area contributed by atoms with Crippen molar-refractivity contribution in [1.82, 2.24) is 0 Å². The minimum atomic E-state index is -0.105. The first kappa shape index (κ1) is 16.8. The number of aryl methyl sites for hydroxylation is 1. The van der Waals surface area contributed by atoms with Crippen LogP contribution in [0.3, 0.4) is 0 Å². The molecule has 0 spiro atoms. The molecule has 1 aromatic carbocycles. The summed E-state index contributed by atoms with van der Waals surface area (Å²) in [4.78, 5) is 0. The SMILES string of the molecule is CC.C[C@H]1C[C@]2(C)C(O)CCC2C2CCc3cc(O)ccc3C21. The van der Waals surface area contributed by atoms with Crippen LogP contribution >= 0.6 is 0 Å². The van der Waals surface area contributed by atoms with E-state index in [-0.39, 0.29) is 11.5 Å². The molecule has 0 saturated heterocycles. The van der Waals surface area contributed by atoms with Gasteiger partial charge in [-0.2, -0.15) is 0 Å². The lowest BCUT2D eigenvalue weighted by atomic mass is 9.52. The van der Waals surface area contributed by atoms with Gasteiger partial charge in [0.1, 0.15) is 5.75 Å². The molecule has 1 aromatic rings. The molecule has 2 fully saturated rings. The van der Waals surface area contributed by atoms with Crippen molar-refractivity contribution in [3.63, 3.8) is 0 Å². The highest BCUT2D eigenvalue weighted by atomic mass is 16.3. The fourth-order valence-electron chi connectivity index (χ4n) is 6.10. The van der Waals surface area contributed by atoms with Gasteiger partial charge in [-0.1, -0.05) is 33.8 Å². The van der Waals surface area contributed by atoms with E-state index in [0.717, 1.165) is 19.3 Å². The average Bonchev–Trinajstić information content (AvgIpc) is 2.84. The predicted molar refractivity (Wildman–Crippen MR) is 94.6 cm³/mol. The number of rotatable bonds is 0. The van der Waals surface area contributed by atoms with Crippen LogP contribution in [0.4, 0.5) is 0 Å². The highest BCUT2D eigenvalue weighted by molar-refractivity contribution is 5.40. The van der Waals surface area contributed by atoms with E-state index in [1.54, 1.807) is 0 Å². The Kier molecular flexibility index (Phi) is 4.48. The largest absolute Gasteiger partial charge is 0.508 e. The molecule has 23 heavy (non-hydrogen) atoms. The second kappa shape index (κ2) is 6.12. The molecule has 0 radical (unpaired) electrons. The van der Waals surface area contributed by atoms with E-state index in [0.29, 0.717) is 29.4 Å². The minimum Gasteiger partial charge on any atom is -0.508 e. The lowest BCUT2D eigenvalue weighted by Gasteiger charge is -2.53. The summed E-state index contributed by atoms with van der Waals surface area (Å²) in [6.45, 7) is 8.69. The quantitative estimate of drug-likeness (QED) is 0.716. The number of fused-ring (bicyclic) bond motifs is 5. The van der Waals surface area contributed by atoms with Gasteiger partial charge in [0, 0.05) is 0 Å². The number of aliphatic hydroxyl groups excluding tert-OH is 1. The van der Waals surface area contributed by atoms with E-state index in [1.165, 1.54) is 24.0 Å². The molecular formula is C21H32O2. The van der Waals surface area contributed by atoms with Gasteiger partial charge in [0.25, 0.3) is 0 Å². The van der Waals surface area contributed by atoms with Gasteiger partial charge >= 0.3 is 0 Å². The number of benzene rings is 1. The number of aromatic hydroxyl groups is 1. The maximum atomic E-state index is 10.5. The van der Waals surface area contributed by atoms with E-state index in [1.807, 2.05) is 26.0 Å². The molecule has 2 saturated carbocycles. The fraction of sp³-hybridized carbons (Fsp3) is 0.714. The molecule has 4 unspecified atom stereocenters. The molecule has 0 bridgehead atoms. The number of hydrogen-bond donors (Lipinski definition) is 2.